The van der Waals surface area contributed by atoms with E-state index in [1.165, 1.54) is 0 Å². The molecule has 12 heteroatoms. The molecule has 0 unspecified atom stereocenters. The third-order valence-electron chi connectivity index (χ3n) is 7.21. The lowest BCUT2D eigenvalue weighted by atomic mass is 10.1. The zero-order valence-corrected chi connectivity index (χ0v) is 24.7. The molecular weight excluding hydrogens is 550 g/mol. The van der Waals surface area contributed by atoms with Gasteiger partial charge in [-0.3, -0.25) is 14.4 Å². The van der Waals surface area contributed by atoms with Gasteiger partial charge < -0.3 is 25.3 Å². The first-order chi connectivity index (χ1) is 20.6. The predicted octanol–water partition coefficient (Wildman–Crippen LogP) is 3.97. The van der Waals surface area contributed by atoms with Crippen LogP contribution in [0.4, 0.5) is 5.69 Å². The largest absolute Gasteiger partial charge is 0.397 e. The molecule has 1 saturated heterocycles. The first-order valence-electron chi connectivity index (χ1n) is 14.5. The van der Waals surface area contributed by atoms with E-state index in [4.69, 9.17) is 16.4 Å². The fourth-order valence-corrected chi connectivity index (χ4v) is 4.91. The molecule has 3 amide bonds. The van der Waals surface area contributed by atoms with E-state index < -0.39 is 17.8 Å². The number of unbranched alkanes of at least 4 members (excludes halogenated alkanes) is 5. The van der Waals surface area contributed by atoms with Gasteiger partial charge in [0.1, 0.15) is 5.65 Å². The number of anilines is 1. The van der Waals surface area contributed by atoms with E-state index in [1.54, 1.807) is 29.4 Å². The monoisotopic (exact) mass is 589 g/mol. The number of hydroxylamine groups is 2. The molecule has 12 nitrogen and oxygen atoms in total. The Morgan fingerprint density at radius 2 is 1.65 bits per heavy atom. The summed E-state index contributed by atoms with van der Waals surface area (Å²) >= 11 is 0. The van der Waals surface area contributed by atoms with E-state index in [0.29, 0.717) is 40.6 Å². The number of nitrogens with zero attached hydrogens (tertiary/aromatic N) is 4. The van der Waals surface area contributed by atoms with Gasteiger partial charge in [-0.2, -0.15) is 0 Å². The third kappa shape index (κ3) is 8.41. The summed E-state index contributed by atoms with van der Waals surface area (Å²) < 4.78 is 1.89. The fourth-order valence-electron chi connectivity index (χ4n) is 4.91. The molecule has 0 atom stereocenters. The van der Waals surface area contributed by atoms with Crippen LogP contribution < -0.4 is 16.9 Å². The average molecular weight is 590 g/mol. The molecule has 2 aromatic heterocycles. The average Bonchev–Trinajstić information content (AvgIpc) is 3.53. The molecular formula is C31H39N7O5. The van der Waals surface area contributed by atoms with Crippen LogP contribution in [-0.4, -0.2) is 49.7 Å². The Bertz CT molecular complexity index is 1500. The molecule has 5 N–H and O–H groups in total. The normalized spacial score (nSPS) is 13.6. The molecule has 43 heavy (non-hydrogen) atoms. The molecule has 0 aliphatic carbocycles. The number of aryl methyl sites for hydroxylation is 2. The maximum Gasteiger partial charge on any atom is 0.333 e. The van der Waals surface area contributed by atoms with Crippen LogP contribution >= 0.6 is 0 Å². The highest BCUT2D eigenvalue weighted by atomic mass is 16.7. The van der Waals surface area contributed by atoms with E-state index in [9.17, 15) is 19.2 Å². The Balaban J connectivity index is 1.13. The van der Waals surface area contributed by atoms with E-state index in [-0.39, 0.29) is 25.2 Å². The number of hydrazine groups is 1. The van der Waals surface area contributed by atoms with Gasteiger partial charge >= 0.3 is 5.97 Å². The topological polar surface area (TPSA) is 165 Å². The number of imide groups is 1. The maximum atomic E-state index is 12.9. The highest BCUT2D eigenvalue weighted by molar-refractivity contribution is 6.08. The van der Waals surface area contributed by atoms with Gasteiger partial charge in [0.05, 0.1) is 11.3 Å². The maximum absolute atomic E-state index is 12.9. The van der Waals surface area contributed by atoms with Crippen molar-refractivity contribution in [3.8, 4) is 0 Å². The minimum Gasteiger partial charge on any atom is -0.397 e. The number of fused-ring (bicyclic) bond motifs is 1. The molecule has 1 aromatic carbocycles. The second-order valence-corrected chi connectivity index (χ2v) is 10.7. The molecule has 0 radical (unpaired) electrons. The van der Waals surface area contributed by atoms with Crippen LogP contribution in [0.3, 0.4) is 0 Å². The van der Waals surface area contributed by atoms with E-state index in [1.807, 2.05) is 42.6 Å². The van der Waals surface area contributed by atoms with Crippen LogP contribution in [0.25, 0.3) is 11.3 Å². The number of nitrogens with one attached hydrogen (secondary N) is 1. The van der Waals surface area contributed by atoms with Crippen molar-refractivity contribution < 1.29 is 24.0 Å². The van der Waals surface area contributed by atoms with Gasteiger partial charge in [-0.05, 0) is 56.5 Å². The molecule has 0 bridgehead atoms. The van der Waals surface area contributed by atoms with Crippen molar-refractivity contribution >= 4 is 40.7 Å². The quantitative estimate of drug-likeness (QED) is 0.109. The highest BCUT2D eigenvalue weighted by Gasteiger charge is 2.32. The third-order valence-corrected chi connectivity index (χ3v) is 7.21. The first kappa shape index (κ1) is 31.2. The van der Waals surface area contributed by atoms with Gasteiger partial charge in [0, 0.05) is 55.3 Å². The number of carbonyl (C=O) groups is 4. The Morgan fingerprint density at radius 3 is 2.35 bits per heavy atom. The molecule has 3 heterocycles. The number of hydrogen-bond donors (Lipinski definition) is 3. The number of hydrogen-bond acceptors (Lipinski definition) is 9. The van der Waals surface area contributed by atoms with E-state index in [2.05, 4.69) is 10.3 Å². The van der Waals surface area contributed by atoms with Crippen molar-refractivity contribution in [2.24, 2.45) is 11.6 Å². The first-order valence-corrected chi connectivity index (χ1v) is 14.5. The highest BCUT2D eigenvalue weighted by Crippen LogP contribution is 2.19. The summed E-state index contributed by atoms with van der Waals surface area (Å²) in [5, 5.41) is 5.07. The summed E-state index contributed by atoms with van der Waals surface area (Å²) in [5.41, 5.74) is 11.2. The molecule has 1 aliphatic heterocycles. The van der Waals surface area contributed by atoms with Crippen molar-refractivity contribution in [1.82, 2.24) is 19.5 Å². The summed E-state index contributed by atoms with van der Waals surface area (Å²) in [4.78, 5) is 57.1. The lowest BCUT2D eigenvalue weighted by Crippen LogP contribution is -2.31. The Labute approximate surface area is 250 Å². The van der Waals surface area contributed by atoms with Gasteiger partial charge in [0.2, 0.25) is 0 Å². The fraction of sp³-hybridized carbons (Fsp3) is 0.387. The van der Waals surface area contributed by atoms with Gasteiger partial charge in [-0.15, -0.1) is 5.06 Å². The number of carbonyl (C=O) groups excluding carboxylic acids is 4. The number of benzene rings is 1. The van der Waals surface area contributed by atoms with Gasteiger partial charge in [-0.25, -0.2) is 15.6 Å². The number of aromatic nitrogens is 2. The van der Waals surface area contributed by atoms with Crippen LogP contribution in [0.2, 0.25) is 0 Å². The summed E-state index contributed by atoms with van der Waals surface area (Å²) in [6.07, 6.45) is 9.19. The van der Waals surface area contributed by atoms with Crippen LogP contribution in [0.5, 0.6) is 0 Å². The van der Waals surface area contributed by atoms with Crippen LogP contribution in [0.15, 0.2) is 48.8 Å². The zero-order valence-electron chi connectivity index (χ0n) is 24.7. The SMILES string of the molecule is Cc1cc(C)n2ccc(C(=O)Nc3ccc(/C(N)=C/N(N)CCCCCCCCC(=O)ON4C(=O)CCC4=O)cc3)c2n1. The van der Waals surface area contributed by atoms with Crippen molar-refractivity contribution in [3.05, 3.63) is 71.3 Å². The zero-order chi connectivity index (χ0) is 30.9. The molecule has 1 aliphatic rings. The van der Waals surface area contributed by atoms with Crippen molar-refractivity contribution in [2.75, 3.05) is 11.9 Å². The smallest absolute Gasteiger partial charge is 0.333 e. The van der Waals surface area contributed by atoms with E-state index >= 15 is 0 Å². The van der Waals surface area contributed by atoms with Crippen LogP contribution in [0.1, 0.15) is 85.1 Å². The lowest BCUT2D eigenvalue weighted by Gasteiger charge is -2.15. The molecule has 228 valence electrons. The Kier molecular flexibility index (Phi) is 10.5. The summed E-state index contributed by atoms with van der Waals surface area (Å²) in [6, 6.07) is 11.0. The van der Waals surface area contributed by atoms with Crippen molar-refractivity contribution in [1.29, 1.82) is 0 Å². The Hall–Kier alpha value is -4.71. The molecule has 0 saturated carbocycles. The van der Waals surface area contributed by atoms with Crippen LogP contribution in [0, 0.1) is 13.8 Å². The van der Waals surface area contributed by atoms with Gasteiger partial charge in [0.25, 0.3) is 17.7 Å². The minimum atomic E-state index is -0.556. The summed E-state index contributed by atoms with van der Waals surface area (Å²) in [6.45, 7) is 4.52. The summed E-state index contributed by atoms with van der Waals surface area (Å²) in [5.74, 6) is 4.40. The molecule has 3 aromatic rings. The molecule has 1 fully saturated rings. The molecule has 0 spiro atoms. The van der Waals surface area contributed by atoms with Crippen LogP contribution in [-0.2, 0) is 19.2 Å². The van der Waals surface area contributed by atoms with E-state index in [0.717, 1.165) is 49.1 Å². The van der Waals surface area contributed by atoms with Crippen molar-refractivity contribution in [2.45, 2.75) is 71.6 Å². The second kappa shape index (κ2) is 14.5. The van der Waals surface area contributed by atoms with Gasteiger partial charge in [0.15, 0.2) is 0 Å². The number of amides is 3. The molecule has 4 rings (SSSR count). The number of nitrogens with two attached hydrogens (primary N) is 2. The Morgan fingerprint density at radius 1 is 1.00 bits per heavy atom. The number of rotatable bonds is 14. The van der Waals surface area contributed by atoms with Gasteiger partial charge in [-0.1, -0.05) is 37.8 Å². The minimum absolute atomic E-state index is 0.0919. The summed E-state index contributed by atoms with van der Waals surface area (Å²) in [7, 11) is 0. The standard InChI is InChI=1S/C31H39N7O5/c1-21-19-22(2)37-18-16-25(30(37)34-21)31(42)35-24-12-10-23(11-13-24)26(32)20-36(33)17-8-6-4-3-5-7-9-29(41)43-38-27(39)14-15-28(38)40/h10-13,16,18-20H,3-9,14-15,17,32-33H2,1-2H3,(H,35,42)/b26-20-. The second-order valence-electron chi connectivity index (χ2n) is 10.7. The predicted molar refractivity (Wildman–Crippen MR) is 162 cm³/mol. The lowest BCUT2D eigenvalue weighted by molar-refractivity contribution is -0.197. The van der Waals surface area contributed by atoms with Crippen molar-refractivity contribution in [3.63, 3.8) is 0 Å².